The number of aliphatic hydroxyl groups excluding tert-OH is 5. The maximum absolute atomic E-state index is 10.1. The van der Waals surface area contributed by atoms with Gasteiger partial charge < -0.3 is 44.5 Å². The molecule has 0 aromatic rings. The van der Waals surface area contributed by atoms with E-state index in [9.17, 15) is 25.5 Å². The van der Waals surface area contributed by atoms with E-state index >= 15 is 0 Å². The zero-order valence-corrected chi connectivity index (χ0v) is 11.8. The third kappa shape index (κ3) is 3.36. The molecule has 0 radical (unpaired) electrons. The van der Waals surface area contributed by atoms with Gasteiger partial charge in [-0.05, 0) is 6.92 Å². The van der Waals surface area contributed by atoms with Crippen molar-refractivity contribution in [3.8, 4) is 0 Å². The molecule has 0 unspecified atom stereocenters. The molecule has 9 heteroatoms. The highest BCUT2D eigenvalue weighted by atomic mass is 16.7. The fourth-order valence-electron chi connectivity index (χ4n) is 2.55. The molecule has 21 heavy (non-hydrogen) atoms. The van der Waals surface area contributed by atoms with Crippen molar-refractivity contribution in [3.63, 3.8) is 0 Å². The molecule has 9 nitrogen and oxygen atoms in total. The molecule has 5 N–H and O–H groups in total. The van der Waals surface area contributed by atoms with Crippen molar-refractivity contribution in [3.05, 3.63) is 0 Å². The van der Waals surface area contributed by atoms with Gasteiger partial charge in [0, 0.05) is 7.11 Å². The monoisotopic (exact) mass is 310 g/mol. The van der Waals surface area contributed by atoms with Crippen molar-refractivity contribution in [1.29, 1.82) is 0 Å². The van der Waals surface area contributed by atoms with Crippen molar-refractivity contribution in [2.24, 2.45) is 0 Å². The summed E-state index contributed by atoms with van der Waals surface area (Å²) in [7, 11) is 1.33. The van der Waals surface area contributed by atoms with E-state index in [1.165, 1.54) is 7.11 Å². The van der Waals surface area contributed by atoms with E-state index in [2.05, 4.69) is 0 Å². The minimum Gasteiger partial charge on any atom is -0.388 e. The Balaban J connectivity index is 2.03. The van der Waals surface area contributed by atoms with E-state index in [1.54, 1.807) is 6.92 Å². The first-order chi connectivity index (χ1) is 9.86. The van der Waals surface area contributed by atoms with Crippen LogP contribution in [0.15, 0.2) is 0 Å². The molecule has 2 fully saturated rings. The summed E-state index contributed by atoms with van der Waals surface area (Å²) in [4.78, 5) is 0. The van der Waals surface area contributed by atoms with Crippen LogP contribution in [0.5, 0.6) is 0 Å². The van der Waals surface area contributed by atoms with Crippen LogP contribution in [0.25, 0.3) is 0 Å². The van der Waals surface area contributed by atoms with Gasteiger partial charge in [-0.1, -0.05) is 0 Å². The molecule has 2 heterocycles. The van der Waals surface area contributed by atoms with Crippen molar-refractivity contribution in [1.82, 2.24) is 0 Å². The summed E-state index contributed by atoms with van der Waals surface area (Å²) < 4.78 is 20.7. The van der Waals surface area contributed by atoms with Crippen molar-refractivity contribution < 1.29 is 44.5 Å². The van der Waals surface area contributed by atoms with Crippen LogP contribution in [0.2, 0.25) is 0 Å². The first-order valence-electron chi connectivity index (χ1n) is 6.72. The molecule has 124 valence electrons. The molecule has 0 bridgehead atoms. The van der Waals surface area contributed by atoms with Crippen molar-refractivity contribution in [2.75, 3.05) is 13.7 Å². The van der Waals surface area contributed by atoms with Gasteiger partial charge in [-0.25, -0.2) is 0 Å². The van der Waals surface area contributed by atoms with Crippen LogP contribution in [0, 0.1) is 0 Å². The largest absolute Gasteiger partial charge is 0.388 e. The second-order valence-electron chi connectivity index (χ2n) is 5.27. The topological polar surface area (TPSA) is 138 Å². The van der Waals surface area contributed by atoms with Crippen LogP contribution < -0.4 is 0 Å². The second kappa shape index (κ2) is 6.82. The van der Waals surface area contributed by atoms with Crippen LogP contribution >= 0.6 is 0 Å². The van der Waals surface area contributed by atoms with Gasteiger partial charge in [0.2, 0.25) is 0 Å². The Labute approximate surface area is 121 Å². The summed E-state index contributed by atoms with van der Waals surface area (Å²) in [6.45, 7) is 1.43. The average molecular weight is 310 g/mol. The van der Waals surface area contributed by atoms with E-state index < -0.39 is 55.3 Å². The standard InChI is InChI=1S/C12H22O9/c1-4-9(6(14)7(15)11(17)20-4)21-12-8(16)10(18-2)5(13)3-19-12/h4-17H,3H2,1-2H3/t4-,5-,6-,7+,8-,9-,10+,11+,12+/m0/s1. The molecule has 0 aliphatic carbocycles. The number of hydrogen-bond acceptors (Lipinski definition) is 9. The molecule has 2 rings (SSSR count). The van der Waals surface area contributed by atoms with Crippen LogP contribution in [-0.2, 0) is 18.9 Å². The number of hydrogen-bond donors (Lipinski definition) is 5. The maximum Gasteiger partial charge on any atom is 0.186 e. The molecule has 0 amide bonds. The molecule has 2 aliphatic rings. The van der Waals surface area contributed by atoms with E-state index in [4.69, 9.17) is 18.9 Å². The maximum atomic E-state index is 10.1. The Bertz CT molecular complexity index is 341. The lowest BCUT2D eigenvalue weighted by Crippen LogP contribution is -2.61. The summed E-state index contributed by atoms with van der Waals surface area (Å²) in [5.74, 6) is 0. The smallest absolute Gasteiger partial charge is 0.186 e. The highest BCUT2D eigenvalue weighted by Crippen LogP contribution is 2.27. The molecule has 0 aromatic heterocycles. The number of methoxy groups -OCH3 is 1. The second-order valence-corrected chi connectivity index (χ2v) is 5.27. The average Bonchev–Trinajstić information content (AvgIpc) is 2.44. The van der Waals surface area contributed by atoms with Crippen molar-refractivity contribution in [2.45, 2.75) is 62.2 Å². The van der Waals surface area contributed by atoms with Gasteiger partial charge in [0.1, 0.15) is 36.6 Å². The summed E-state index contributed by atoms with van der Waals surface area (Å²) in [6.07, 6.45) is -10.5. The van der Waals surface area contributed by atoms with Gasteiger partial charge in [-0.2, -0.15) is 0 Å². The zero-order chi connectivity index (χ0) is 15.7. The van der Waals surface area contributed by atoms with Gasteiger partial charge in [0.25, 0.3) is 0 Å². The fraction of sp³-hybridized carbons (Fsp3) is 1.00. The molecule has 0 aromatic carbocycles. The van der Waals surface area contributed by atoms with Gasteiger partial charge in [-0.3, -0.25) is 0 Å². The minimum absolute atomic E-state index is 0.108. The van der Waals surface area contributed by atoms with E-state index in [1.807, 2.05) is 0 Å². The van der Waals surface area contributed by atoms with Crippen LogP contribution in [0.4, 0.5) is 0 Å². The number of aliphatic hydroxyl groups is 5. The minimum atomic E-state index is -1.53. The molecule has 2 aliphatic heterocycles. The molecule has 9 atom stereocenters. The summed E-state index contributed by atoms with van der Waals surface area (Å²) in [5, 5.41) is 48.6. The van der Waals surface area contributed by atoms with E-state index in [0.29, 0.717) is 0 Å². The molecule has 0 spiro atoms. The van der Waals surface area contributed by atoms with Gasteiger partial charge in [0.15, 0.2) is 12.6 Å². The predicted octanol–water partition coefficient (Wildman–Crippen LogP) is -3.08. The Morgan fingerprint density at radius 3 is 2.24 bits per heavy atom. The Hall–Kier alpha value is -0.360. The fourth-order valence-corrected chi connectivity index (χ4v) is 2.55. The Kier molecular flexibility index (Phi) is 5.52. The quantitative estimate of drug-likeness (QED) is 0.367. The third-order valence-corrected chi connectivity index (χ3v) is 3.78. The Morgan fingerprint density at radius 1 is 0.952 bits per heavy atom. The number of rotatable bonds is 3. The zero-order valence-electron chi connectivity index (χ0n) is 11.8. The molecule has 0 saturated carbocycles. The molecule has 2 saturated heterocycles. The third-order valence-electron chi connectivity index (χ3n) is 3.78. The molecular formula is C12H22O9. The summed E-state index contributed by atoms with van der Waals surface area (Å²) in [6, 6.07) is 0. The van der Waals surface area contributed by atoms with E-state index in [-0.39, 0.29) is 6.61 Å². The summed E-state index contributed by atoms with van der Waals surface area (Å²) in [5.41, 5.74) is 0. The highest BCUT2D eigenvalue weighted by Gasteiger charge is 2.47. The normalized spacial score (nSPS) is 51.9. The van der Waals surface area contributed by atoms with Crippen LogP contribution in [-0.4, -0.2) is 94.6 Å². The molecular weight excluding hydrogens is 288 g/mol. The number of ether oxygens (including phenoxy) is 4. The van der Waals surface area contributed by atoms with Crippen molar-refractivity contribution >= 4 is 0 Å². The predicted molar refractivity (Wildman–Crippen MR) is 66.0 cm³/mol. The lowest BCUT2D eigenvalue weighted by molar-refractivity contribution is -0.339. The lowest BCUT2D eigenvalue weighted by atomic mass is 9.99. The lowest BCUT2D eigenvalue weighted by Gasteiger charge is -2.43. The van der Waals surface area contributed by atoms with E-state index in [0.717, 1.165) is 0 Å². The first-order valence-corrected chi connectivity index (χ1v) is 6.72. The highest BCUT2D eigenvalue weighted by molar-refractivity contribution is 4.90. The summed E-state index contributed by atoms with van der Waals surface area (Å²) >= 11 is 0. The van der Waals surface area contributed by atoms with Gasteiger partial charge in [-0.15, -0.1) is 0 Å². The first kappa shape index (κ1) is 17.0. The SMILES string of the molecule is CO[C@H]1[C@H](O)[C@@H](O[C@@H]2[C@@H](O)[C@@H](O)[C@H](O)O[C@H]2C)OC[C@@H]1O. The Morgan fingerprint density at radius 2 is 1.62 bits per heavy atom. The van der Waals surface area contributed by atoms with Gasteiger partial charge in [0.05, 0.1) is 12.7 Å². The van der Waals surface area contributed by atoms with Gasteiger partial charge >= 0.3 is 0 Å². The van der Waals surface area contributed by atoms with Crippen LogP contribution in [0.3, 0.4) is 0 Å². The van der Waals surface area contributed by atoms with Crippen LogP contribution in [0.1, 0.15) is 6.92 Å².